The van der Waals surface area contributed by atoms with E-state index in [4.69, 9.17) is 15.2 Å². The number of ether oxygens (including phenoxy) is 2. The Bertz CT molecular complexity index is 742. The molecule has 0 spiro atoms. The van der Waals surface area contributed by atoms with Crippen LogP contribution in [-0.4, -0.2) is 32.1 Å². The van der Waals surface area contributed by atoms with Crippen molar-refractivity contribution in [1.82, 2.24) is 25.0 Å². The summed E-state index contributed by atoms with van der Waals surface area (Å²) >= 11 is 0. The first-order chi connectivity index (χ1) is 9.81. The number of fused-ring (bicyclic) bond motifs is 1. The van der Waals surface area contributed by atoms with Crippen LogP contribution < -0.4 is 15.2 Å². The summed E-state index contributed by atoms with van der Waals surface area (Å²) in [6.07, 6.45) is 3.07. The van der Waals surface area contributed by atoms with Crippen molar-refractivity contribution in [3.63, 3.8) is 0 Å². The van der Waals surface area contributed by atoms with Crippen LogP contribution in [-0.2, 0) is 6.54 Å². The second-order valence-electron chi connectivity index (χ2n) is 3.99. The van der Waals surface area contributed by atoms with Crippen LogP contribution in [0.4, 0.5) is 0 Å². The predicted molar refractivity (Wildman–Crippen MR) is 69.5 cm³/mol. The molecule has 2 heterocycles. The van der Waals surface area contributed by atoms with Crippen molar-refractivity contribution in [3.05, 3.63) is 36.2 Å². The van der Waals surface area contributed by atoms with E-state index >= 15 is 0 Å². The van der Waals surface area contributed by atoms with Crippen LogP contribution in [0.1, 0.15) is 5.56 Å². The molecule has 3 aromatic rings. The SMILES string of the molecule is COc1cc(CN)ccc1Oc1cncc2nnnn12. The molecular formula is C12H12N6O2. The molecule has 2 N–H and O–H groups in total. The van der Waals surface area contributed by atoms with Crippen molar-refractivity contribution < 1.29 is 9.47 Å². The van der Waals surface area contributed by atoms with Gasteiger partial charge in [-0.15, -0.1) is 5.10 Å². The molecule has 0 saturated heterocycles. The Kier molecular flexibility index (Phi) is 3.13. The summed E-state index contributed by atoms with van der Waals surface area (Å²) in [5, 5.41) is 11.2. The monoisotopic (exact) mass is 272 g/mol. The molecule has 0 aliphatic heterocycles. The van der Waals surface area contributed by atoms with Crippen LogP contribution in [0.15, 0.2) is 30.6 Å². The Hall–Kier alpha value is -2.74. The number of nitrogens with zero attached hydrogens (tertiary/aromatic N) is 5. The topological polar surface area (TPSA) is 100 Å². The number of rotatable bonds is 4. The summed E-state index contributed by atoms with van der Waals surface area (Å²) in [6.45, 7) is 0.431. The van der Waals surface area contributed by atoms with E-state index in [0.717, 1.165) is 5.56 Å². The largest absolute Gasteiger partial charge is 0.493 e. The summed E-state index contributed by atoms with van der Waals surface area (Å²) < 4.78 is 12.5. The molecule has 8 nitrogen and oxygen atoms in total. The normalized spacial score (nSPS) is 10.7. The van der Waals surface area contributed by atoms with E-state index in [1.807, 2.05) is 12.1 Å². The summed E-state index contributed by atoms with van der Waals surface area (Å²) in [7, 11) is 1.57. The lowest BCUT2D eigenvalue weighted by Crippen LogP contribution is -2.00. The van der Waals surface area contributed by atoms with E-state index in [1.54, 1.807) is 19.4 Å². The van der Waals surface area contributed by atoms with Gasteiger partial charge in [0.05, 0.1) is 19.5 Å². The molecule has 0 unspecified atom stereocenters. The number of hydrogen-bond donors (Lipinski definition) is 1. The minimum Gasteiger partial charge on any atom is -0.493 e. The Morgan fingerprint density at radius 3 is 2.95 bits per heavy atom. The molecule has 1 aromatic carbocycles. The van der Waals surface area contributed by atoms with E-state index in [1.165, 1.54) is 10.7 Å². The van der Waals surface area contributed by atoms with Crippen molar-refractivity contribution in [2.45, 2.75) is 6.54 Å². The predicted octanol–water partition coefficient (Wildman–Crippen LogP) is 0.779. The van der Waals surface area contributed by atoms with Crippen LogP contribution >= 0.6 is 0 Å². The van der Waals surface area contributed by atoms with Gasteiger partial charge in [-0.05, 0) is 28.1 Å². The van der Waals surface area contributed by atoms with Crippen molar-refractivity contribution in [1.29, 1.82) is 0 Å². The summed E-state index contributed by atoms with van der Waals surface area (Å²) in [5.41, 5.74) is 7.05. The lowest BCUT2D eigenvalue weighted by molar-refractivity contribution is 0.368. The van der Waals surface area contributed by atoms with E-state index in [0.29, 0.717) is 29.6 Å². The van der Waals surface area contributed by atoms with Gasteiger partial charge >= 0.3 is 0 Å². The fourth-order valence-corrected chi connectivity index (χ4v) is 1.76. The molecule has 0 saturated carbocycles. The Morgan fingerprint density at radius 2 is 2.15 bits per heavy atom. The Labute approximate surface area is 114 Å². The molecular weight excluding hydrogens is 260 g/mol. The zero-order valence-corrected chi connectivity index (χ0v) is 10.7. The maximum atomic E-state index is 5.76. The van der Waals surface area contributed by atoms with Gasteiger partial charge in [-0.2, -0.15) is 4.52 Å². The van der Waals surface area contributed by atoms with Gasteiger partial charge < -0.3 is 15.2 Å². The van der Waals surface area contributed by atoms with Crippen LogP contribution in [0.2, 0.25) is 0 Å². The van der Waals surface area contributed by atoms with Gasteiger partial charge in [0.1, 0.15) is 0 Å². The number of benzene rings is 1. The van der Waals surface area contributed by atoms with Gasteiger partial charge in [-0.1, -0.05) is 6.07 Å². The highest BCUT2D eigenvalue weighted by Crippen LogP contribution is 2.31. The molecule has 0 atom stereocenters. The molecule has 8 heteroatoms. The second-order valence-corrected chi connectivity index (χ2v) is 3.99. The average Bonchev–Trinajstić information content (AvgIpc) is 2.97. The van der Waals surface area contributed by atoms with E-state index < -0.39 is 0 Å². The zero-order valence-electron chi connectivity index (χ0n) is 10.7. The standard InChI is InChI=1S/C12H12N6O2/c1-19-10-4-8(5-13)2-3-9(10)20-12-7-14-6-11-15-16-17-18(11)12/h2-4,6-7H,5,13H2,1H3. The fourth-order valence-electron chi connectivity index (χ4n) is 1.76. The third-order valence-electron chi connectivity index (χ3n) is 2.76. The van der Waals surface area contributed by atoms with Gasteiger partial charge in [0, 0.05) is 6.54 Å². The fraction of sp³-hybridized carbons (Fsp3) is 0.167. The Balaban J connectivity index is 2.00. The second kappa shape index (κ2) is 5.10. The van der Waals surface area contributed by atoms with Crippen LogP contribution in [0.5, 0.6) is 17.4 Å². The summed E-state index contributed by atoms with van der Waals surface area (Å²) in [4.78, 5) is 4.02. The van der Waals surface area contributed by atoms with Crippen molar-refractivity contribution in [2.75, 3.05) is 7.11 Å². The summed E-state index contributed by atoms with van der Waals surface area (Å²) in [5.74, 6) is 1.51. The van der Waals surface area contributed by atoms with Crippen molar-refractivity contribution in [2.24, 2.45) is 5.73 Å². The van der Waals surface area contributed by atoms with Crippen LogP contribution in [0, 0.1) is 0 Å². The minimum absolute atomic E-state index is 0.395. The van der Waals surface area contributed by atoms with E-state index in [2.05, 4.69) is 20.5 Å². The van der Waals surface area contributed by atoms with Gasteiger partial charge in [0.25, 0.3) is 0 Å². The molecule has 0 fully saturated rings. The zero-order chi connectivity index (χ0) is 13.9. The Morgan fingerprint density at radius 1 is 1.25 bits per heavy atom. The lowest BCUT2D eigenvalue weighted by atomic mass is 10.2. The third-order valence-corrected chi connectivity index (χ3v) is 2.76. The van der Waals surface area contributed by atoms with Gasteiger partial charge in [-0.3, -0.25) is 4.98 Å². The number of methoxy groups -OCH3 is 1. The highest BCUT2D eigenvalue weighted by Gasteiger charge is 2.10. The first-order valence-corrected chi connectivity index (χ1v) is 5.89. The number of tetrazole rings is 1. The lowest BCUT2D eigenvalue weighted by Gasteiger charge is -2.11. The number of aromatic nitrogens is 5. The average molecular weight is 272 g/mol. The van der Waals surface area contributed by atoms with Crippen molar-refractivity contribution in [3.8, 4) is 17.4 Å². The quantitative estimate of drug-likeness (QED) is 0.748. The molecule has 0 aliphatic carbocycles. The molecule has 0 aliphatic rings. The number of nitrogens with two attached hydrogens (primary N) is 1. The first kappa shape index (κ1) is 12.3. The van der Waals surface area contributed by atoms with Gasteiger partial charge in [0.15, 0.2) is 11.5 Å². The maximum Gasteiger partial charge on any atom is 0.242 e. The first-order valence-electron chi connectivity index (χ1n) is 5.89. The van der Waals surface area contributed by atoms with Crippen molar-refractivity contribution >= 4 is 5.65 Å². The molecule has 20 heavy (non-hydrogen) atoms. The molecule has 102 valence electrons. The molecule has 0 bridgehead atoms. The maximum absolute atomic E-state index is 5.76. The highest BCUT2D eigenvalue weighted by atomic mass is 16.5. The number of hydrogen-bond acceptors (Lipinski definition) is 7. The van der Waals surface area contributed by atoms with Crippen LogP contribution in [0.25, 0.3) is 5.65 Å². The van der Waals surface area contributed by atoms with E-state index in [-0.39, 0.29) is 0 Å². The molecule has 0 amide bonds. The summed E-state index contributed by atoms with van der Waals surface area (Å²) in [6, 6.07) is 5.47. The van der Waals surface area contributed by atoms with Gasteiger partial charge in [0.2, 0.25) is 11.5 Å². The smallest absolute Gasteiger partial charge is 0.242 e. The highest BCUT2D eigenvalue weighted by molar-refractivity contribution is 5.45. The van der Waals surface area contributed by atoms with E-state index in [9.17, 15) is 0 Å². The van der Waals surface area contributed by atoms with Gasteiger partial charge in [-0.25, -0.2) is 0 Å². The third kappa shape index (κ3) is 2.12. The molecule has 2 aromatic heterocycles. The van der Waals surface area contributed by atoms with Crippen LogP contribution in [0.3, 0.4) is 0 Å². The molecule has 0 radical (unpaired) electrons. The molecule has 3 rings (SSSR count). The minimum atomic E-state index is 0.395.